The molecule has 0 N–H and O–H groups in total. The maximum absolute atomic E-state index is 12.5. The Morgan fingerprint density at radius 1 is 1.24 bits per heavy atom. The van der Waals surface area contributed by atoms with E-state index in [1.165, 1.54) is 31.5 Å². The van der Waals surface area contributed by atoms with Crippen LogP contribution in [0.1, 0.15) is 42.6 Å². The van der Waals surface area contributed by atoms with Crippen molar-refractivity contribution in [3.05, 3.63) is 35.4 Å². The first kappa shape index (κ1) is 16.2. The predicted octanol–water partition coefficient (Wildman–Crippen LogP) is 2.85. The smallest absolute Gasteiger partial charge is 0.179 e. The van der Waals surface area contributed by atoms with E-state index in [2.05, 4.69) is 35.9 Å². The van der Waals surface area contributed by atoms with Gasteiger partial charge in [-0.05, 0) is 51.9 Å². The maximum Gasteiger partial charge on any atom is 0.179 e. The third kappa shape index (κ3) is 4.39. The second kappa shape index (κ2) is 7.71. The van der Waals surface area contributed by atoms with Gasteiger partial charge in [-0.25, -0.2) is 0 Å². The van der Waals surface area contributed by atoms with Gasteiger partial charge in [0.1, 0.15) is 0 Å². The Balaban J connectivity index is 1.87. The van der Waals surface area contributed by atoms with Gasteiger partial charge < -0.3 is 4.90 Å². The number of likely N-dealkylation sites (N-methyl/N-ethyl adjacent to an activating group) is 1. The molecule has 116 valence electrons. The molecule has 0 spiro atoms. The molecule has 1 unspecified atom stereocenters. The Morgan fingerprint density at radius 2 is 1.86 bits per heavy atom. The van der Waals surface area contributed by atoms with Gasteiger partial charge in [-0.2, -0.15) is 0 Å². The average Bonchev–Trinajstić information content (AvgIpc) is 3.04. The van der Waals surface area contributed by atoms with Crippen molar-refractivity contribution < 1.29 is 4.79 Å². The third-order valence-corrected chi connectivity index (χ3v) is 4.65. The zero-order chi connectivity index (χ0) is 15.2. The van der Waals surface area contributed by atoms with Gasteiger partial charge in [0.25, 0.3) is 0 Å². The summed E-state index contributed by atoms with van der Waals surface area (Å²) in [4.78, 5) is 17.2. The molecular weight excluding hydrogens is 260 g/mol. The quantitative estimate of drug-likeness (QED) is 0.721. The highest BCUT2D eigenvalue weighted by molar-refractivity contribution is 5.99. The molecular formula is C18H28N2O. The molecule has 1 fully saturated rings. The molecule has 1 heterocycles. The van der Waals surface area contributed by atoms with Crippen LogP contribution in [0.4, 0.5) is 0 Å². The van der Waals surface area contributed by atoms with Crippen molar-refractivity contribution in [3.63, 3.8) is 0 Å². The predicted molar refractivity (Wildman–Crippen MR) is 87.9 cm³/mol. The van der Waals surface area contributed by atoms with Crippen molar-refractivity contribution >= 4 is 5.78 Å². The number of carbonyl (C=O) groups excluding carboxylic acids is 1. The highest BCUT2D eigenvalue weighted by Crippen LogP contribution is 2.11. The number of rotatable bonds is 7. The van der Waals surface area contributed by atoms with Crippen molar-refractivity contribution in [2.24, 2.45) is 0 Å². The molecule has 1 saturated heterocycles. The summed E-state index contributed by atoms with van der Waals surface area (Å²) in [6.07, 6.45) is 3.66. The highest BCUT2D eigenvalue weighted by Gasteiger charge is 2.20. The standard InChI is InChI=1S/C18H28N2O/c1-4-16-7-9-17(10-8-16)18(21)15(2)19(3)13-14-20-11-5-6-12-20/h7-10,15H,4-6,11-14H2,1-3H3. The van der Waals surface area contributed by atoms with Crippen LogP contribution in [-0.4, -0.2) is 54.9 Å². The van der Waals surface area contributed by atoms with Crippen LogP contribution in [0.15, 0.2) is 24.3 Å². The van der Waals surface area contributed by atoms with Gasteiger partial charge in [0.15, 0.2) is 5.78 Å². The van der Waals surface area contributed by atoms with Gasteiger partial charge in [0, 0.05) is 18.7 Å². The summed E-state index contributed by atoms with van der Waals surface area (Å²) in [6.45, 7) is 8.61. The molecule has 1 aliphatic heterocycles. The van der Waals surface area contributed by atoms with Crippen molar-refractivity contribution in [1.82, 2.24) is 9.80 Å². The summed E-state index contributed by atoms with van der Waals surface area (Å²) in [5.41, 5.74) is 2.11. The van der Waals surface area contributed by atoms with E-state index in [1.807, 2.05) is 19.1 Å². The number of likely N-dealkylation sites (tertiary alicyclic amines) is 1. The molecule has 2 rings (SSSR count). The minimum Gasteiger partial charge on any atom is -0.302 e. The van der Waals surface area contributed by atoms with Crippen LogP contribution in [0.5, 0.6) is 0 Å². The van der Waals surface area contributed by atoms with Crippen LogP contribution < -0.4 is 0 Å². The number of benzene rings is 1. The van der Waals surface area contributed by atoms with Gasteiger partial charge in [-0.1, -0.05) is 31.2 Å². The molecule has 21 heavy (non-hydrogen) atoms. The fraction of sp³-hybridized carbons (Fsp3) is 0.611. The zero-order valence-corrected chi connectivity index (χ0v) is 13.6. The van der Waals surface area contributed by atoms with Crippen LogP contribution in [0.25, 0.3) is 0 Å². The molecule has 1 aromatic rings. The number of ketones is 1. The zero-order valence-electron chi connectivity index (χ0n) is 13.6. The van der Waals surface area contributed by atoms with Crippen molar-refractivity contribution in [2.45, 2.75) is 39.2 Å². The van der Waals surface area contributed by atoms with E-state index in [0.29, 0.717) is 0 Å². The summed E-state index contributed by atoms with van der Waals surface area (Å²) >= 11 is 0. The van der Waals surface area contributed by atoms with E-state index in [4.69, 9.17) is 0 Å². The number of hydrogen-bond donors (Lipinski definition) is 0. The summed E-state index contributed by atoms with van der Waals surface area (Å²) in [6, 6.07) is 7.99. The fourth-order valence-electron chi connectivity index (χ4n) is 2.85. The molecule has 0 aliphatic carbocycles. The lowest BCUT2D eigenvalue weighted by atomic mass is 10.0. The summed E-state index contributed by atoms with van der Waals surface area (Å²) in [5.74, 6) is 0.224. The molecule has 0 radical (unpaired) electrons. The second-order valence-electron chi connectivity index (χ2n) is 6.12. The molecule has 0 saturated carbocycles. The minimum absolute atomic E-state index is 0.0555. The topological polar surface area (TPSA) is 23.6 Å². The molecule has 1 aromatic carbocycles. The van der Waals surface area contributed by atoms with E-state index in [9.17, 15) is 4.79 Å². The molecule has 3 nitrogen and oxygen atoms in total. The Morgan fingerprint density at radius 3 is 2.43 bits per heavy atom. The fourth-order valence-corrected chi connectivity index (χ4v) is 2.85. The lowest BCUT2D eigenvalue weighted by Crippen LogP contribution is -2.40. The molecule has 1 aliphatic rings. The van der Waals surface area contributed by atoms with Crippen LogP contribution in [0.2, 0.25) is 0 Å². The second-order valence-corrected chi connectivity index (χ2v) is 6.12. The number of Topliss-reactive ketones (excluding diaryl/α,β-unsaturated/α-hetero) is 1. The van der Waals surface area contributed by atoms with Crippen LogP contribution >= 0.6 is 0 Å². The monoisotopic (exact) mass is 288 g/mol. The summed E-state index contributed by atoms with van der Waals surface area (Å²) < 4.78 is 0. The van der Waals surface area contributed by atoms with Crippen LogP contribution in [0, 0.1) is 0 Å². The van der Waals surface area contributed by atoms with Crippen molar-refractivity contribution in [3.8, 4) is 0 Å². The average molecular weight is 288 g/mol. The third-order valence-electron chi connectivity index (χ3n) is 4.65. The SMILES string of the molecule is CCc1ccc(C(=O)C(C)N(C)CCN2CCCC2)cc1. The maximum atomic E-state index is 12.5. The number of hydrogen-bond acceptors (Lipinski definition) is 3. The molecule has 0 aromatic heterocycles. The molecule has 0 bridgehead atoms. The van der Waals surface area contributed by atoms with Gasteiger partial charge in [-0.3, -0.25) is 9.69 Å². The Hall–Kier alpha value is -1.19. The lowest BCUT2D eigenvalue weighted by molar-refractivity contribution is 0.0859. The van der Waals surface area contributed by atoms with E-state index in [-0.39, 0.29) is 11.8 Å². The van der Waals surface area contributed by atoms with E-state index in [0.717, 1.165) is 25.1 Å². The van der Waals surface area contributed by atoms with E-state index < -0.39 is 0 Å². The van der Waals surface area contributed by atoms with Gasteiger partial charge >= 0.3 is 0 Å². The van der Waals surface area contributed by atoms with Gasteiger partial charge in [-0.15, -0.1) is 0 Å². The highest BCUT2D eigenvalue weighted by atomic mass is 16.1. The summed E-state index contributed by atoms with van der Waals surface area (Å²) in [7, 11) is 2.05. The minimum atomic E-state index is -0.0555. The number of carbonyl (C=O) groups is 1. The van der Waals surface area contributed by atoms with Crippen LogP contribution in [0.3, 0.4) is 0 Å². The summed E-state index contributed by atoms with van der Waals surface area (Å²) in [5, 5.41) is 0. The van der Waals surface area contributed by atoms with Gasteiger partial charge in [0.2, 0.25) is 0 Å². The first-order chi connectivity index (χ1) is 10.1. The van der Waals surface area contributed by atoms with E-state index in [1.54, 1.807) is 0 Å². The van der Waals surface area contributed by atoms with Crippen LogP contribution in [-0.2, 0) is 6.42 Å². The van der Waals surface area contributed by atoms with Crippen molar-refractivity contribution in [1.29, 1.82) is 0 Å². The number of aryl methyl sites for hydroxylation is 1. The number of nitrogens with zero attached hydrogens (tertiary/aromatic N) is 2. The molecule has 1 atom stereocenters. The Labute approximate surface area is 128 Å². The van der Waals surface area contributed by atoms with Gasteiger partial charge in [0.05, 0.1) is 6.04 Å². The van der Waals surface area contributed by atoms with Crippen molar-refractivity contribution in [2.75, 3.05) is 33.2 Å². The molecule has 0 amide bonds. The van der Waals surface area contributed by atoms with E-state index >= 15 is 0 Å². The normalized spacial score (nSPS) is 17.3. The molecule has 3 heteroatoms. The lowest BCUT2D eigenvalue weighted by Gasteiger charge is -2.26. The Kier molecular flexibility index (Phi) is 5.95. The first-order valence-electron chi connectivity index (χ1n) is 8.17. The Bertz CT molecular complexity index is 449. The largest absolute Gasteiger partial charge is 0.302 e. The first-order valence-corrected chi connectivity index (χ1v) is 8.17.